The molecule has 0 radical (unpaired) electrons. The molecule has 0 aliphatic heterocycles. The Morgan fingerprint density at radius 2 is 1.67 bits per heavy atom. The normalized spacial score (nSPS) is 12.1. The summed E-state index contributed by atoms with van der Waals surface area (Å²) in [6.07, 6.45) is 0.178. The smallest absolute Gasteiger partial charge is 0.243 e. The molecule has 0 unspecified atom stereocenters. The van der Waals surface area contributed by atoms with E-state index >= 15 is 0 Å². The van der Waals surface area contributed by atoms with Gasteiger partial charge >= 0.3 is 0 Å². The van der Waals surface area contributed by atoms with Crippen LogP contribution in [0.1, 0.15) is 18.1 Å². The SMILES string of the molecule is CCOc1ccccc1NC(=O)[C@@H](Cc1ccccc1)NS(=O)(=O)c1ccc(OC)c(C)c1. The molecule has 0 bridgehead atoms. The summed E-state index contributed by atoms with van der Waals surface area (Å²) in [5.74, 6) is 0.611. The topological polar surface area (TPSA) is 93.7 Å². The van der Waals surface area contributed by atoms with Gasteiger partial charge in [0, 0.05) is 0 Å². The van der Waals surface area contributed by atoms with E-state index < -0.39 is 22.0 Å². The molecule has 8 heteroatoms. The number of para-hydroxylation sites is 2. The van der Waals surface area contributed by atoms with Crippen LogP contribution in [0.5, 0.6) is 11.5 Å². The number of carbonyl (C=O) groups is 1. The fourth-order valence-corrected chi connectivity index (χ4v) is 4.66. The lowest BCUT2D eigenvalue weighted by Crippen LogP contribution is -2.45. The van der Waals surface area contributed by atoms with Gasteiger partial charge in [-0.3, -0.25) is 4.79 Å². The second-order valence-electron chi connectivity index (χ2n) is 7.41. The molecule has 0 aliphatic carbocycles. The summed E-state index contributed by atoms with van der Waals surface area (Å²) >= 11 is 0. The van der Waals surface area contributed by atoms with E-state index in [-0.39, 0.29) is 11.3 Å². The molecular weight excluding hydrogens is 440 g/mol. The summed E-state index contributed by atoms with van der Waals surface area (Å²) in [6.45, 7) is 4.04. The molecule has 3 rings (SSSR count). The third-order valence-electron chi connectivity index (χ3n) is 5.02. The molecule has 0 aromatic heterocycles. The van der Waals surface area contributed by atoms with E-state index in [0.717, 1.165) is 5.56 Å². The van der Waals surface area contributed by atoms with Crippen LogP contribution in [0.2, 0.25) is 0 Å². The maximum absolute atomic E-state index is 13.2. The van der Waals surface area contributed by atoms with E-state index in [1.54, 1.807) is 37.3 Å². The predicted molar refractivity (Wildman–Crippen MR) is 128 cm³/mol. The standard InChI is InChI=1S/C25H28N2O5S/c1-4-32-24-13-9-8-12-21(24)26-25(28)22(17-19-10-6-5-7-11-19)27-33(29,30)20-14-15-23(31-3)18(2)16-20/h5-16,22,27H,4,17H2,1-3H3,(H,26,28)/t22-/m1/s1. The average Bonchev–Trinajstić information content (AvgIpc) is 2.80. The number of anilines is 1. The van der Waals surface area contributed by atoms with E-state index in [0.29, 0.717) is 29.4 Å². The molecule has 1 atom stereocenters. The molecule has 0 aliphatic rings. The molecule has 0 saturated carbocycles. The first kappa shape index (κ1) is 24.3. The molecule has 7 nitrogen and oxygen atoms in total. The summed E-state index contributed by atoms with van der Waals surface area (Å²) in [5.41, 5.74) is 1.97. The number of methoxy groups -OCH3 is 1. The number of nitrogens with one attached hydrogen (secondary N) is 2. The van der Waals surface area contributed by atoms with Crippen molar-refractivity contribution < 1.29 is 22.7 Å². The first-order valence-electron chi connectivity index (χ1n) is 10.6. The molecule has 1 amide bonds. The Hall–Kier alpha value is -3.36. The van der Waals surface area contributed by atoms with E-state index in [4.69, 9.17) is 9.47 Å². The molecule has 0 saturated heterocycles. The minimum atomic E-state index is -3.98. The molecule has 174 valence electrons. The van der Waals surface area contributed by atoms with Gasteiger partial charge in [0.05, 0.1) is 24.3 Å². The van der Waals surface area contributed by atoms with Gasteiger partial charge in [0.25, 0.3) is 0 Å². The van der Waals surface area contributed by atoms with Gasteiger partial charge in [0.1, 0.15) is 17.5 Å². The predicted octanol–water partition coefficient (Wildman–Crippen LogP) is 3.93. The number of carbonyl (C=O) groups excluding carboxylic acids is 1. The zero-order valence-electron chi connectivity index (χ0n) is 18.9. The van der Waals surface area contributed by atoms with Gasteiger partial charge in [0.15, 0.2) is 0 Å². The van der Waals surface area contributed by atoms with Crippen molar-refractivity contribution in [3.63, 3.8) is 0 Å². The highest BCUT2D eigenvalue weighted by Gasteiger charge is 2.27. The van der Waals surface area contributed by atoms with Gasteiger partial charge in [0.2, 0.25) is 15.9 Å². The lowest BCUT2D eigenvalue weighted by Gasteiger charge is -2.20. The molecule has 3 aromatic carbocycles. The first-order chi connectivity index (χ1) is 15.8. The molecule has 0 spiro atoms. The summed E-state index contributed by atoms with van der Waals surface area (Å²) in [6, 6.07) is 19.8. The summed E-state index contributed by atoms with van der Waals surface area (Å²) in [4.78, 5) is 13.3. The second-order valence-corrected chi connectivity index (χ2v) is 9.13. The molecular formula is C25H28N2O5S. The van der Waals surface area contributed by atoms with Crippen molar-refractivity contribution in [2.75, 3.05) is 19.0 Å². The number of hydrogen-bond donors (Lipinski definition) is 2. The van der Waals surface area contributed by atoms with Crippen LogP contribution in [0.15, 0.2) is 77.7 Å². The van der Waals surface area contributed by atoms with E-state index in [1.807, 2.05) is 37.3 Å². The monoisotopic (exact) mass is 468 g/mol. The number of benzene rings is 3. The Balaban J connectivity index is 1.89. The van der Waals surface area contributed by atoms with Crippen LogP contribution in [0.3, 0.4) is 0 Å². The molecule has 2 N–H and O–H groups in total. The van der Waals surface area contributed by atoms with Crippen molar-refractivity contribution in [3.8, 4) is 11.5 Å². The van der Waals surface area contributed by atoms with Crippen LogP contribution in [-0.2, 0) is 21.2 Å². The lowest BCUT2D eigenvalue weighted by molar-refractivity contribution is -0.117. The Kier molecular flexibility index (Phi) is 8.08. The largest absolute Gasteiger partial charge is 0.496 e. The van der Waals surface area contributed by atoms with Crippen LogP contribution < -0.4 is 19.5 Å². The van der Waals surface area contributed by atoms with Crippen molar-refractivity contribution in [1.29, 1.82) is 0 Å². The highest BCUT2D eigenvalue weighted by molar-refractivity contribution is 7.89. The maximum Gasteiger partial charge on any atom is 0.243 e. The van der Waals surface area contributed by atoms with Crippen molar-refractivity contribution in [3.05, 3.63) is 83.9 Å². The summed E-state index contributed by atoms with van der Waals surface area (Å²) in [7, 11) is -2.46. The number of rotatable bonds is 10. The average molecular weight is 469 g/mol. The van der Waals surface area contributed by atoms with Crippen molar-refractivity contribution >= 4 is 21.6 Å². The van der Waals surface area contributed by atoms with Crippen LogP contribution in [-0.4, -0.2) is 34.1 Å². The molecule has 3 aromatic rings. The van der Waals surface area contributed by atoms with Crippen LogP contribution in [0.4, 0.5) is 5.69 Å². The van der Waals surface area contributed by atoms with Gasteiger partial charge in [-0.25, -0.2) is 8.42 Å². The van der Waals surface area contributed by atoms with E-state index in [1.165, 1.54) is 19.2 Å². The van der Waals surface area contributed by atoms with Gasteiger partial charge in [-0.2, -0.15) is 4.72 Å². The maximum atomic E-state index is 13.2. The number of amides is 1. The minimum Gasteiger partial charge on any atom is -0.496 e. The highest BCUT2D eigenvalue weighted by atomic mass is 32.2. The van der Waals surface area contributed by atoms with Crippen molar-refractivity contribution in [2.45, 2.75) is 31.2 Å². The number of ether oxygens (including phenoxy) is 2. The third kappa shape index (κ3) is 6.34. The summed E-state index contributed by atoms with van der Waals surface area (Å²) < 4.78 is 39.7. The molecule has 33 heavy (non-hydrogen) atoms. The quantitative estimate of drug-likeness (QED) is 0.470. The van der Waals surface area contributed by atoms with Crippen LogP contribution >= 0.6 is 0 Å². The molecule has 0 heterocycles. The molecule has 0 fully saturated rings. The lowest BCUT2D eigenvalue weighted by atomic mass is 10.1. The summed E-state index contributed by atoms with van der Waals surface area (Å²) in [5, 5.41) is 2.81. The third-order valence-corrected chi connectivity index (χ3v) is 6.49. The highest BCUT2D eigenvalue weighted by Crippen LogP contribution is 2.25. The van der Waals surface area contributed by atoms with Crippen LogP contribution in [0.25, 0.3) is 0 Å². The zero-order chi connectivity index (χ0) is 23.8. The fourth-order valence-electron chi connectivity index (χ4n) is 3.38. The van der Waals surface area contributed by atoms with Crippen LogP contribution in [0, 0.1) is 6.92 Å². The van der Waals surface area contributed by atoms with Gasteiger partial charge < -0.3 is 14.8 Å². The van der Waals surface area contributed by atoms with E-state index in [2.05, 4.69) is 10.0 Å². The van der Waals surface area contributed by atoms with E-state index in [9.17, 15) is 13.2 Å². The van der Waals surface area contributed by atoms with Gasteiger partial charge in [-0.15, -0.1) is 0 Å². The Bertz CT molecular complexity index is 1200. The minimum absolute atomic E-state index is 0.0568. The Morgan fingerprint density at radius 3 is 2.33 bits per heavy atom. The second kappa shape index (κ2) is 11.0. The van der Waals surface area contributed by atoms with Crippen molar-refractivity contribution in [2.24, 2.45) is 0 Å². The van der Waals surface area contributed by atoms with Gasteiger partial charge in [-0.1, -0.05) is 42.5 Å². The Labute approximate surface area is 194 Å². The number of hydrogen-bond acceptors (Lipinski definition) is 5. The Morgan fingerprint density at radius 1 is 0.970 bits per heavy atom. The number of sulfonamides is 1. The first-order valence-corrected chi connectivity index (χ1v) is 12.1. The van der Waals surface area contributed by atoms with Crippen molar-refractivity contribution in [1.82, 2.24) is 4.72 Å². The zero-order valence-corrected chi connectivity index (χ0v) is 19.7. The fraction of sp³-hybridized carbons (Fsp3) is 0.240. The van der Waals surface area contributed by atoms with Gasteiger partial charge in [-0.05, 0) is 61.7 Å². The number of aryl methyl sites for hydroxylation is 1.